The van der Waals surface area contributed by atoms with Gasteiger partial charge in [-0.1, -0.05) is 30.3 Å². The van der Waals surface area contributed by atoms with E-state index in [1.54, 1.807) is 29.1 Å². The highest BCUT2D eigenvalue weighted by molar-refractivity contribution is 5.21. The van der Waals surface area contributed by atoms with Crippen molar-refractivity contribution in [3.05, 3.63) is 48.3 Å². The quantitative estimate of drug-likeness (QED) is 0.826. The molecule has 1 aromatic heterocycles. The maximum Gasteiger partial charge on any atom is 0.306 e. The Labute approximate surface area is 110 Å². The number of nitrogens with zero attached hydrogens (tertiary/aromatic N) is 2. The first-order valence-corrected chi connectivity index (χ1v) is 6.09. The minimum atomic E-state index is -3.01. The predicted molar refractivity (Wildman–Crippen MR) is 68.4 cm³/mol. The Morgan fingerprint density at radius 1 is 1.26 bits per heavy atom. The van der Waals surface area contributed by atoms with E-state index in [1.807, 2.05) is 13.8 Å². The average Bonchev–Trinajstić information content (AvgIpc) is 2.87. The predicted octanol–water partition coefficient (Wildman–Crippen LogP) is 3.63. The summed E-state index contributed by atoms with van der Waals surface area (Å²) in [6, 6.07) is 7.82. The molecule has 0 saturated heterocycles. The van der Waals surface area contributed by atoms with Gasteiger partial charge in [0, 0.05) is 11.6 Å². The van der Waals surface area contributed by atoms with Crippen molar-refractivity contribution in [1.29, 1.82) is 0 Å². The normalized spacial score (nSPS) is 11.8. The fraction of sp³-hybridized carbons (Fsp3) is 0.357. The second-order valence-electron chi connectivity index (χ2n) is 4.61. The Kier molecular flexibility index (Phi) is 3.83. The molecule has 102 valence electrons. The third-order valence-electron chi connectivity index (χ3n) is 2.72. The third kappa shape index (κ3) is 3.30. The highest BCUT2D eigenvalue weighted by atomic mass is 19.3. The van der Waals surface area contributed by atoms with Crippen LogP contribution >= 0.6 is 0 Å². The molecule has 0 N–H and O–H groups in total. The number of ether oxygens (including phenoxy) is 1. The van der Waals surface area contributed by atoms with Gasteiger partial charge < -0.3 is 4.74 Å². The molecule has 1 heterocycles. The van der Waals surface area contributed by atoms with Crippen molar-refractivity contribution in [3.8, 4) is 5.75 Å². The molecule has 19 heavy (non-hydrogen) atoms. The van der Waals surface area contributed by atoms with Gasteiger partial charge in [0.2, 0.25) is 0 Å². The van der Waals surface area contributed by atoms with E-state index >= 15 is 0 Å². The third-order valence-corrected chi connectivity index (χ3v) is 2.72. The van der Waals surface area contributed by atoms with E-state index in [-0.39, 0.29) is 11.6 Å². The van der Waals surface area contributed by atoms with Crippen LogP contribution in [0.25, 0.3) is 0 Å². The number of halogens is 2. The van der Waals surface area contributed by atoms with Crippen molar-refractivity contribution < 1.29 is 13.5 Å². The van der Waals surface area contributed by atoms with E-state index in [1.165, 1.54) is 18.3 Å². The summed E-state index contributed by atoms with van der Waals surface area (Å²) in [5.74, 6) is -2.66. The van der Waals surface area contributed by atoms with Crippen molar-refractivity contribution >= 4 is 0 Å². The van der Waals surface area contributed by atoms with E-state index in [0.717, 1.165) is 0 Å². The number of alkyl halides is 2. The molecule has 0 amide bonds. The van der Waals surface area contributed by atoms with E-state index in [0.29, 0.717) is 5.75 Å². The maximum absolute atomic E-state index is 13.9. The first kappa shape index (κ1) is 13.5. The fourth-order valence-corrected chi connectivity index (χ4v) is 1.62. The summed E-state index contributed by atoms with van der Waals surface area (Å²) in [4.78, 5) is 0. The molecular weight excluding hydrogens is 250 g/mol. The smallest absolute Gasteiger partial charge is 0.306 e. The summed E-state index contributed by atoms with van der Waals surface area (Å²) in [6.45, 7) is 3.21. The molecular formula is C14H16F2N2O. The van der Waals surface area contributed by atoms with Gasteiger partial charge >= 0.3 is 5.92 Å². The molecule has 0 unspecified atom stereocenters. The Bertz CT molecular complexity index is 523. The summed E-state index contributed by atoms with van der Waals surface area (Å²) in [7, 11) is 0. The Morgan fingerprint density at radius 2 is 1.95 bits per heavy atom. The summed E-state index contributed by atoms with van der Waals surface area (Å²) in [6.07, 6.45) is 3.06. The number of hydrogen-bond donors (Lipinski definition) is 0. The van der Waals surface area contributed by atoms with Crippen molar-refractivity contribution in [1.82, 2.24) is 9.78 Å². The van der Waals surface area contributed by atoms with E-state index in [4.69, 9.17) is 4.74 Å². The fourth-order valence-electron chi connectivity index (χ4n) is 1.62. The molecule has 0 aliphatic heterocycles. The Morgan fingerprint density at radius 3 is 2.53 bits per heavy atom. The zero-order valence-corrected chi connectivity index (χ0v) is 10.9. The molecule has 0 bridgehead atoms. The molecule has 2 rings (SSSR count). The lowest BCUT2D eigenvalue weighted by Crippen LogP contribution is -2.22. The first-order valence-electron chi connectivity index (χ1n) is 6.09. The first-order chi connectivity index (χ1) is 8.99. The minimum absolute atomic E-state index is 0.0498. The summed E-state index contributed by atoms with van der Waals surface area (Å²) in [5.41, 5.74) is -0.0498. The zero-order chi connectivity index (χ0) is 13.9. The van der Waals surface area contributed by atoms with Crippen molar-refractivity contribution in [2.75, 3.05) is 6.61 Å². The molecule has 0 radical (unpaired) electrons. The van der Waals surface area contributed by atoms with Crippen LogP contribution in [0.5, 0.6) is 5.75 Å². The molecule has 0 aliphatic carbocycles. The van der Waals surface area contributed by atoms with Crippen LogP contribution in [-0.2, 0) is 5.92 Å². The van der Waals surface area contributed by atoms with E-state index in [9.17, 15) is 8.78 Å². The van der Waals surface area contributed by atoms with Crippen LogP contribution in [-0.4, -0.2) is 16.4 Å². The lowest BCUT2D eigenvalue weighted by molar-refractivity contribution is -0.0467. The zero-order valence-electron chi connectivity index (χ0n) is 10.9. The van der Waals surface area contributed by atoms with Crippen LogP contribution in [0.3, 0.4) is 0 Å². The van der Waals surface area contributed by atoms with Gasteiger partial charge in [-0.05, 0) is 13.8 Å². The van der Waals surface area contributed by atoms with Gasteiger partial charge in [0.05, 0.1) is 12.4 Å². The van der Waals surface area contributed by atoms with Crippen LogP contribution in [0.15, 0.2) is 42.7 Å². The number of rotatable bonds is 5. The van der Waals surface area contributed by atoms with Gasteiger partial charge in [-0.3, -0.25) is 4.68 Å². The van der Waals surface area contributed by atoms with Gasteiger partial charge in [0.25, 0.3) is 0 Å². The number of benzene rings is 1. The molecule has 0 aliphatic rings. The Hall–Kier alpha value is -1.91. The molecule has 0 fully saturated rings. The summed E-state index contributed by atoms with van der Waals surface area (Å²) < 4.78 is 34.5. The molecule has 2 aromatic rings. The van der Waals surface area contributed by atoms with Crippen LogP contribution in [0.1, 0.15) is 25.5 Å². The van der Waals surface area contributed by atoms with Crippen LogP contribution in [0, 0.1) is 0 Å². The van der Waals surface area contributed by atoms with E-state index < -0.39 is 12.5 Å². The molecule has 1 aromatic carbocycles. The number of aromatic nitrogens is 2. The number of hydrogen-bond acceptors (Lipinski definition) is 2. The highest BCUT2D eigenvalue weighted by Gasteiger charge is 2.32. The maximum atomic E-state index is 13.9. The topological polar surface area (TPSA) is 27.1 Å². The second kappa shape index (κ2) is 5.38. The van der Waals surface area contributed by atoms with Gasteiger partial charge in [-0.25, -0.2) is 0 Å². The van der Waals surface area contributed by atoms with Gasteiger partial charge in [-0.2, -0.15) is 13.9 Å². The largest absolute Gasteiger partial charge is 0.484 e. The molecule has 0 saturated carbocycles. The van der Waals surface area contributed by atoms with Crippen LogP contribution in [0.2, 0.25) is 0 Å². The average molecular weight is 266 g/mol. The second-order valence-corrected chi connectivity index (χ2v) is 4.61. The minimum Gasteiger partial charge on any atom is -0.484 e. The van der Waals surface area contributed by atoms with Crippen molar-refractivity contribution in [3.63, 3.8) is 0 Å². The monoisotopic (exact) mass is 266 g/mol. The van der Waals surface area contributed by atoms with Gasteiger partial charge in [-0.15, -0.1) is 0 Å². The SMILES string of the molecule is CC(C)n1cc(OCC(F)(F)c2ccccc2)cn1. The molecule has 0 spiro atoms. The molecule has 0 atom stereocenters. The molecule has 5 heteroatoms. The highest BCUT2D eigenvalue weighted by Crippen LogP contribution is 2.28. The van der Waals surface area contributed by atoms with Gasteiger partial charge in [0.15, 0.2) is 12.4 Å². The lowest BCUT2D eigenvalue weighted by atomic mass is 10.1. The molecule has 3 nitrogen and oxygen atoms in total. The Balaban J connectivity index is 2.01. The van der Waals surface area contributed by atoms with Crippen molar-refractivity contribution in [2.24, 2.45) is 0 Å². The summed E-state index contributed by atoms with van der Waals surface area (Å²) in [5, 5.41) is 4.04. The van der Waals surface area contributed by atoms with Crippen LogP contribution in [0.4, 0.5) is 8.78 Å². The lowest BCUT2D eigenvalue weighted by Gasteiger charge is -2.16. The van der Waals surface area contributed by atoms with Crippen LogP contribution < -0.4 is 4.74 Å². The van der Waals surface area contributed by atoms with Gasteiger partial charge in [0.1, 0.15) is 0 Å². The van der Waals surface area contributed by atoms with Crippen molar-refractivity contribution in [2.45, 2.75) is 25.8 Å². The standard InChI is InChI=1S/C14H16F2N2O/c1-11(2)18-9-13(8-17-18)19-10-14(15,16)12-6-4-3-5-7-12/h3-9,11H,10H2,1-2H3. The van der Waals surface area contributed by atoms with E-state index in [2.05, 4.69) is 5.10 Å². The summed E-state index contributed by atoms with van der Waals surface area (Å²) >= 11 is 0.